The van der Waals surface area contributed by atoms with Crippen molar-refractivity contribution < 1.29 is 19.4 Å². The first-order valence-corrected chi connectivity index (χ1v) is 12.1. The number of hydrogen-bond acceptors (Lipinski definition) is 6. The van der Waals surface area contributed by atoms with Crippen LogP contribution in [-0.2, 0) is 22.5 Å². The van der Waals surface area contributed by atoms with Crippen LogP contribution in [-0.4, -0.2) is 42.7 Å². The number of aliphatic hydroxyl groups excluding tert-OH is 1. The lowest BCUT2D eigenvalue weighted by Gasteiger charge is -2.31. The second-order valence-corrected chi connectivity index (χ2v) is 8.62. The van der Waals surface area contributed by atoms with Crippen LogP contribution in [0.1, 0.15) is 34.8 Å². The predicted octanol–water partition coefficient (Wildman–Crippen LogP) is 4.50. The summed E-state index contributed by atoms with van der Waals surface area (Å²) in [6.07, 6.45) is 0.0935. The Morgan fingerprint density at radius 3 is 2.57 bits per heavy atom. The van der Waals surface area contributed by atoms with Gasteiger partial charge in [-0.25, -0.2) is 4.99 Å². The lowest BCUT2D eigenvalue weighted by molar-refractivity contribution is -0.128. The van der Waals surface area contributed by atoms with Crippen LogP contribution in [0.5, 0.6) is 5.75 Å². The third-order valence-corrected chi connectivity index (χ3v) is 6.22. The van der Waals surface area contributed by atoms with Gasteiger partial charge in [-0.05, 0) is 46.5 Å². The van der Waals surface area contributed by atoms with E-state index in [1.165, 1.54) is 0 Å². The van der Waals surface area contributed by atoms with Gasteiger partial charge in [0.1, 0.15) is 5.75 Å². The zero-order valence-corrected chi connectivity index (χ0v) is 20.6. The number of hydrogen-bond donors (Lipinski definition) is 2. The molecule has 2 N–H and O–H groups in total. The van der Waals surface area contributed by atoms with E-state index in [1.807, 2.05) is 66.7 Å². The summed E-state index contributed by atoms with van der Waals surface area (Å²) in [5.41, 5.74) is 10.7. The Balaban J connectivity index is 1.79. The van der Waals surface area contributed by atoms with E-state index in [0.717, 1.165) is 16.7 Å². The molecule has 0 saturated carbocycles. The van der Waals surface area contributed by atoms with E-state index in [2.05, 4.69) is 15.3 Å². The number of carbonyl (C=O) groups is 1. The first kappa shape index (κ1) is 25.8. The molecule has 0 aliphatic carbocycles. The quantitative estimate of drug-likeness (QED) is 0.174. The van der Waals surface area contributed by atoms with Crippen LogP contribution in [0, 0.1) is 0 Å². The second-order valence-electron chi connectivity index (χ2n) is 8.62. The molecule has 0 spiro atoms. The van der Waals surface area contributed by atoms with Crippen molar-refractivity contribution in [3.8, 4) is 5.75 Å². The van der Waals surface area contributed by atoms with Gasteiger partial charge in [0, 0.05) is 37.0 Å². The molecule has 3 aromatic carbocycles. The van der Waals surface area contributed by atoms with Gasteiger partial charge >= 0.3 is 0 Å². The van der Waals surface area contributed by atoms with Crippen LogP contribution >= 0.6 is 0 Å². The molecular weight excluding hydrogens is 470 g/mol. The van der Waals surface area contributed by atoms with Crippen molar-refractivity contribution in [2.45, 2.75) is 31.0 Å². The molecule has 0 radical (unpaired) electrons. The predicted molar refractivity (Wildman–Crippen MR) is 140 cm³/mol. The van der Waals surface area contributed by atoms with Crippen molar-refractivity contribution in [3.63, 3.8) is 0 Å². The number of azide groups is 1. The molecule has 1 heterocycles. The van der Waals surface area contributed by atoms with Gasteiger partial charge in [0.2, 0.25) is 5.90 Å². The number of carbonyl (C=O) groups excluding carboxylic acids is 1. The van der Waals surface area contributed by atoms with Crippen LogP contribution in [0.25, 0.3) is 10.4 Å². The number of likely N-dealkylation sites (N-methyl/N-ethyl adjacent to an activating group) is 1. The van der Waals surface area contributed by atoms with E-state index in [4.69, 9.17) is 25.1 Å². The van der Waals surface area contributed by atoms with Gasteiger partial charge in [-0.2, -0.15) is 0 Å². The highest BCUT2D eigenvalue weighted by Crippen LogP contribution is 2.43. The van der Waals surface area contributed by atoms with Crippen molar-refractivity contribution in [1.29, 1.82) is 0 Å². The molecule has 3 aromatic rings. The maximum Gasteiger partial charge on any atom is 0.252 e. The Labute approximate surface area is 215 Å². The Bertz CT molecular complexity index is 1290. The molecule has 1 aliphatic rings. The van der Waals surface area contributed by atoms with Crippen molar-refractivity contribution in [3.05, 3.63) is 112 Å². The number of rotatable bonds is 11. The number of ether oxygens (including phenoxy) is 2. The van der Waals surface area contributed by atoms with Gasteiger partial charge in [0.05, 0.1) is 13.2 Å². The monoisotopic (exact) mass is 499 g/mol. The van der Waals surface area contributed by atoms with Crippen LogP contribution < -0.4 is 10.1 Å². The zero-order valence-electron chi connectivity index (χ0n) is 20.6. The number of amides is 1. The number of aliphatic hydroxyl groups is 1. The molecule has 0 aromatic heterocycles. The van der Waals surface area contributed by atoms with E-state index in [-0.39, 0.29) is 19.1 Å². The number of aliphatic imine (C=N–C) groups is 1. The molecule has 37 heavy (non-hydrogen) atoms. The van der Waals surface area contributed by atoms with E-state index >= 15 is 0 Å². The van der Waals surface area contributed by atoms with Crippen molar-refractivity contribution >= 4 is 11.8 Å². The lowest BCUT2D eigenvalue weighted by atomic mass is 9.80. The first-order valence-electron chi connectivity index (χ1n) is 12.1. The zero-order chi connectivity index (χ0) is 26.1. The highest BCUT2D eigenvalue weighted by atomic mass is 16.5. The minimum Gasteiger partial charge on any atom is -0.494 e. The molecule has 1 aliphatic heterocycles. The summed E-state index contributed by atoms with van der Waals surface area (Å²) < 4.78 is 12.1. The van der Waals surface area contributed by atoms with Crippen LogP contribution in [0.3, 0.4) is 0 Å². The van der Waals surface area contributed by atoms with Crippen molar-refractivity contribution in [1.82, 2.24) is 5.32 Å². The maximum absolute atomic E-state index is 13.6. The molecule has 2 atom stereocenters. The fourth-order valence-corrected chi connectivity index (χ4v) is 4.42. The molecule has 4 rings (SSSR count). The Morgan fingerprint density at radius 2 is 1.86 bits per heavy atom. The smallest absolute Gasteiger partial charge is 0.252 e. The maximum atomic E-state index is 13.6. The normalized spacial score (nSPS) is 18.3. The minimum atomic E-state index is -1.30. The van der Waals surface area contributed by atoms with Crippen LogP contribution in [0.15, 0.2) is 89.0 Å². The van der Waals surface area contributed by atoms with E-state index in [1.54, 1.807) is 19.2 Å². The van der Waals surface area contributed by atoms with E-state index < -0.39 is 11.6 Å². The highest BCUT2D eigenvalue weighted by molar-refractivity contribution is 6.01. The summed E-state index contributed by atoms with van der Waals surface area (Å²) in [7, 11) is 1.59. The van der Waals surface area contributed by atoms with Gasteiger partial charge in [-0.1, -0.05) is 59.7 Å². The standard InChI is InChI=1S/C28H29N5O4/c1-30-27(35)28(18-20-8-3-2-4-9-20)25(24-11-6-5-10-22(24)19-31-33-29)37-26(32-28)21-12-14-23(15-13-21)36-17-7-16-34/h2-6,8-15,25,34H,7,16-19H2,1H3,(H,30,35)/t25-,28-/m1/s1. The van der Waals surface area contributed by atoms with E-state index in [0.29, 0.717) is 36.7 Å². The number of benzene rings is 3. The second kappa shape index (κ2) is 12.1. The fraction of sp³-hybridized carbons (Fsp3) is 0.286. The van der Waals surface area contributed by atoms with E-state index in [9.17, 15) is 4.79 Å². The van der Waals surface area contributed by atoms with Gasteiger partial charge in [0.25, 0.3) is 5.91 Å². The van der Waals surface area contributed by atoms with Gasteiger partial charge in [-0.15, -0.1) is 0 Å². The Morgan fingerprint density at radius 1 is 1.14 bits per heavy atom. The van der Waals surface area contributed by atoms with Crippen molar-refractivity contribution in [2.24, 2.45) is 10.1 Å². The van der Waals surface area contributed by atoms with Gasteiger partial charge in [0.15, 0.2) is 11.6 Å². The highest BCUT2D eigenvalue weighted by Gasteiger charge is 2.53. The van der Waals surface area contributed by atoms with Crippen molar-refractivity contribution in [2.75, 3.05) is 20.3 Å². The summed E-state index contributed by atoms with van der Waals surface area (Å²) in [4.78, 5) is 21.5. The summed E-state index contributed by atoms with van der Waals surface area (Å²) >= 11 is 0. The molecule has 9 heteroatoms. The summed E-state index contributed by atoms with van der Waals surface area (Å²) in [6.45, 7) is 0.597. The van der Waals surface area contributed by atoms with Crippen LogP contribution in [0.2, 0.25) is 0 Å². The molecule has 190 valence electrons. The molecule has 0 fully saturated rings. The number of nitrogens with zero attached hydrogens (tertiary/aromatic N) is 4. The molecule has 1 amide bonds. The van der Waals surface area contributed by atoms with Gasteiger partial charge < -0.3 is 19.9 Å². The summed E-state index contributed by atoms with van der Waals surface area (Å²) in [6, 6.07) is 24.4. The SMILES string of the molecule is CNC(=O)[C@]1(Cc2ccccc2)N=C(c2ccc(OCCCO)cc2)O[C@@H]1c1ccccc1CN=[N+]=[N-]. The van der Waals surface area contributed by atoms with Crippen LogP contribution in [0.4, 0.5) is 0 Å². The molecule has 0 unspecified atom stereocenters. The van der Waals surface area contributed by atoms with Gasteiger partial charge in [-0.3, -0.25) is 4.79 Å². The topological polar surface area (TPSA) is 129 Å². The molecular formula is C28H29N5O4. The number of nitrogens with one attached hydrogen (secondary N) is 1. The lowest BCUT2D eigenvalue weighted by Crippen LogP contribution is -2.49. The molecule has 0 bridgehead atoms. The summed E-state index contributed by atoms with van der Waals surface area (Å²) in [5, 5.41) is 15.5. The average molecular weight is 500 g/mol. The fourth-order valence-electron chi connectivity index (χ4n) is 4.42. The molecule has 0 saturated heterocycles. The third-order valence-electron chi connectivity index (χ3n) is 6.22. The summed E-state index contributed by atoms with van der Waals surface area (Å²) in [5.74, 6) is 0.720. The Hall–Kier alpha value is -4.33. The Kier molecular flexibility index (Phi) is 8.40. The minimum absolute atomic E-state index is 0.0637. The average Bonchev–Trinajstić information content (AvgIpc) is 3.32. The first-order chi connectivity index (χ1) is 18.1. The molecule has 9 nitrogen and oxygen atoms in total. The largest absolute Gasteiger partial charge is 0.494 e. The third kappa shape index (κ3) is 5.74.